The van der Waals surface area contributed by atoms with Crippen molar-refractivity contribution in [3.63, 3.8) is 0 Å². The Labute approximate surface area is 92.2 Å². The number of carboxylic acids is 1. The molecule has 0 aliphatic carbocycles. The zero-order valence-corrected chi connectivity index (χ0v) is 9.47. The van der Waals surface area contributed by atoms with Crippen LogP contribution in [-0.2, 0) is 4.79 Å². The summed E-state index contributed by atoms with van der Waals surface area (Å²) in [4.78, 5) is 10.9. The maximum absolute atomic E-state index is 10.9. The maximum atomic E-state index is 10.9. The van der Waals surface area contributed by atoms with Crippen LogP contribution in [0.1, 0.15) is 24.0 Å². The Morgan fingerprint density at radius 1 is 1.47 bits per heavy atom. The molecule has 0 amide bonds. The van der Waals surface area contributed by atoms with Crippen LogP contribution in [0.15, 0.2) is 23.6 Å². The molecular weight excluding hydrogens is 208 g/mol. The van der Waals surface area contributed by atoms with Crippen LogP contribution in [0, 0.1) is 6.92 Å². The van der Waals surface area contributed by atoms with Crippen molar-refractivity contribution in [2.24, 2.45) is 0 Å². The number of fused-ring (bicyclic) bond motifs is 1. The highest BCUT2D eigenvalue weighted by Crippen LogP contribution is 2.31. The largest absolute Gasteiger partial charge is 0.481 e. The van der Waals surface area contributed by atoms with Crippen LogP contribution in [0.25, 0.3) is 10.1 Å². The van der Waals surface area contributed by atoms with Crippen LogP contribution >= 0.6 is 11.3 Å². The Kier molecular flexibility index (Phi) is 2.49. The molecule has 0 bridgehead atoms. The van der Waals surface area contributed by atoms with Gasteiger partial charge in [0.1, 0.15) is 0 Å². The Morgan fingerprint density at radius 2 is 2.20 bits per heavy atom. The number of rotatable bonds is 2. The minimum absolute atomic E-state index is 0.429. The molecule has 2 nitrogen and oxygen atoms in total. The van der Waals surface area contributed by atoms with E-state index < -0.39 is 11.9 Å². The molecule has 2 aromatic rings. The SMILES string of the molecule is Cc1ccc2c(C(C)C(=O)O)csc2c1. The molecule has 0 spiro atoms. The number of hydrogen-bond acceptors (Lipinski definition) is 2. The average molecular weight is 220 g/mol. The van der Waals surface area contributed by atoms with E-state index in [1.54, 1.807) is 18.3 Å². The fourth-order valence-electron chi connectivity index (χ4n) is 1.62. The summed E-state index contributed by atoms with van der Waals surface area (Å²) in [5.41, 5.74) is 2.13. The Balaban J connectivity index is 2.59. The van der Waals surface area contributed by atoms with Crippen molar-refractivity contribution in [3.05, 3.63) is 34.7 Å². The highest BCUT2D eigenvalue weighted by Gasteiger charge is 2.17. The fourth-order valence-corrected chi connectivity index (χ4v) is 2.78. The van der Waals surface area contributed by atoms with Gasteiger partial charge in [-0.25, -0.2) is 0 Å². The first-order valence-electron chi connectivity index (χ1n) is 4.80. The highest BCUT2D eigenvalue weighted by atomic mass is 32.1. The van der Waals surface area contributed by atoms with Crippen molar-refractivity contribution < 1.29 is 9.90 Å². The Morgan fingerprint density at radius 3 is 2.87 bits per heavy atom. The van der Waals surface area contributed by atoms with E-state index in [0.717, 1.165) is 15.6 Å². The summed E-state index contributed by atoms with van der Waals surface area (Å²) in [5.74, 6) is -1.20. The molecule has 0 saturated carbocycles. The second kappa shape index (κ2) is 3.66. The average Bonchev–Trinajstić information content (AvgIpc) is 2.59. The number of carboxylic acid groups (broad SMARTS) is 1. The molecule has 3 heteroatoms. The molecule has 1 heterocycles. The molecular formula is C12H12O2S. The van der Waals surface area contributed by atoms with Gasteiger partial charge < -0.3 is 5.11 Å². The van der Waals surface area contributed by atoms with Gasteiger partial charge in [0.2, 0.25) is 0 Å². The molecule has 0 saturated heterocycles. The maximum Gasteiger partial charge on any atom is 0.310 e. The Hall–Kier alpha value is -1.35. The first-order valence-corrected chi connectivity index (χ1v) is 5.68. The van der Waals surface area contributed by atoms with Gasteiger partial charge in [-0.05, 0) is 41.8 Å². The van der Waals surface area contributed by atoms with Gasteiger partial charge in [-0.2, -0.15) is 0 Å². The molecule has 1 unspecified atom stereocenters. The van der Waals surface area contributed by atoms with E-state index in [0.29, 0.717) is 0 Å². The number of aliphatic carboxylic acids is 1. The predicted molar refractivity (Wildman–Crippen MR) is 62.6 cm³/mol. The summed E-state index contributed by atoms with van der Waals surface area (Å²) in [6.07, 6.45) is 0. The van der Waals surface area contributed by atoms with Crippen molar-refractivity contribution >= 4 is 27.4 Å². The van der Waals surface area contributed by atoms with Crippen LogP contribution in [-0.4, -0.2) is 11.1 Å². The number of thiophene rings is 1. The summed E-state index contributed by atoms with van der Waals surface area (Å²) < 4.78 is 1.16. The van der Waals surface area contributed by atoms with Crippen LogP contribution in [0.4, 0.5) is 0 Å². The van der Waals surface area contributed by atoms with Crippen molar-refractivity contribution in [2.45, 2.75) is 19.8 Å². The normalized spacial score (nSPS) is 12.9. The molecule has 1 aromatic carbocycles. The monoisotopic (exact) mass is 220 g/mol. The zero-order valence-electron chi connectivity index (χ0n) is 8.65. The lowest BCUT2D eigenvalue weighted by Gasteiger charge is -2.04. The quantitative estimate of drug-likeness (QED) is 0.842. The lowest BCUT2D eigenvalue weighted by molar-refractivity contribution is -0.138. The third kappa shape index (κ3) is 1.75. The van der Waals surface area contributed by atoms with Gasteiger partial charge in [0, 0.05) is 4.70 Å². The third-order valence-electron chi connectivity index (χ3n) is 2.60. The summed E-state index contributed by atoms with van der Waals surface area (Å²) >= 11 is 1.61. The van der Waals surface area contributed by atoms with Crippen molar-refractivity contribution in [2.75, 3.05) is 0 Å². The number of hydrogen-bond donors (Lipinski definition) is 1. The van der Waals surface area contributed by atoms with Gasteiger partial charge in [-0.3, -0.25) is 4.79 Å². The van der Waals surface area contributed by atoms with Gasteiger partial charge in [0.15, 0.2) is 0 Å². The highest BCUT2D eigenvalue weighted by molar-refractivity contribution is 7.17. The molecule has 0 fully saturated rings. The van der Waals surface area contributed by atoms with E-state index >= 15 is 0 Å². The van der Waals surface area contributed by atoms with E-state index in [4.69, 9.17) is 5.11 Å². The second-order valence-corrected chi connectivity index (χ2v) is 4.66. The molecule has 0 radical (unpaired) electrons. The number of aryl methyl sites for hydroxylation is 1. The van der Waals surface area contributed by atoms with Gasteiger partial charge in [0.25, 0.3) is 0 Å². The van der Waals surface area contributed by atoms with Crippen LogP contribution in [0.5, 0.6) is 0 Å². The minimum atomic E-state index is -0.768. The topological polar surface area (TPSA) is 37.3 Å². The lowest BCUT2D eigenvalue weighted by Crippen LogP contribution is -2.06. The predicted octanol–water partition coefficient (Wildman–Crippen LogP) is 3.40. The number of carbonyl (C=O) groups is 1. The van der Waals surface area contributed by atoms with Crippen molar-refractivity contribution in [1.82, 2.24) is 0 Å². The summed E-state index contributed by atoms with van der Waals surface area (Å²) in [7, 11) is 0. The van der Waals surface area contributed by atoms with Gasteiger partial charge in [-0.15, -0.1) is 11.3 Å². The molecule has 0 aliphatic heterocycles. The van der Waals surface area contributed by atoms with E-state index in [1.165, 1.54) is 5.56 Å². The van der Waals surface area contributed by atoms with Crippen molar-refractivity contribution in [3.8, 4) is 0 Å². The third-order valence-corrected chi connectivity index (χ3v) is 3.56. The van der Waals surface area contributed by atoms with Crippen LogP contribution < -0.4 is 0 Å². The van der Waals surface area contributed by atoms with E-state index in [2.05, 4.69) is 6.07 Å². The van der Waals surface area contributed by atoms with Crippen LogP contribution in [0.3, 0.4) is 0 Å². The van der Waals surface area contributed by atoms with Gasteiger partial charge in [0.05, 0.1) is 5.92 Å². The van der Waals surface area contributed by atoms with Crippen LogP contribution in [0.2, 0.25) is 0 Å². The minimum Gasteiger partial charge on any atom is -0.481 e. The molecule has 78 valence electrons. The van der Waals surface area contributed by atoms with Crippen molar-refractivity contribution in [1.29, 1.82) is 0 Å². The zero-order chi connectivity index (χ0) is 11.0. The van der Waals surface area contributed by atoms with E-state index in [9.17, 15) is 4.79 Å². The Bertz CT molecular complexity index is 513. The first-order chi connectivity index (χ1) is 7.09. The number of benzene rings is 1. The van der Waals surface area contributed by atoms with E-state index in [1.807, 2.05) is 24.4 Å². The van der Waals surface area contributed by atoms with Gasteiger partial charge >= 0.3 is 5.97 Å². The molecule has 0 aliphatic rings. The van der Waals surface area contributed by atoms with E-state index in [-0.39, 0.29) is 0 Å². The van der Waals surface area contributed by atoms with Gasteiger partial charge in [-0.1, -0.05) is 12.1 Å². The molecule has 1 aromatic heterocycles. The lowest BCUT2D eigenvalue weighted by atomic mass is 10.0. The molecule has 1 atom stereocenters. The summed E-state index contributed by atoms with van der Waals surface area (Å²) in [6, 6.07) is 6.13. The fraction of sp³-hybridized carbons (Fsp3) is 0.250. The summed E-state index contributed by atoms with van der Waals surface area (Å²) in [6.45, 7) is 3.77. The standard InChI is InChI=1S/C12H12O2S/c1-7-3-4-9-10(8(2)12(13)14)6-15-11(9)5-7/h3-6,8H,1-2H3,(H,13,14). The summed E-state index contributed by atoms with van der Waals surface area (Å²) in [5, 5.41) is 12.0. The molecule has 15 heavy (non-hydrogen) atoms. The smallest absolute Gasteiger partial charge is 0.310 e. The first kappa shape index (κ1) is 10.2. The molecule has 1 N–H and O–H groups in total. The second-order valence-electron chi connectivity index (χ2n) is 3.75. The molecule has 2 rings (SSSR count).